The average molecular weight is 320 g/mol. The molecule has 0 radical (unpaired) electrons. The summed E-state index contributed by atoms with van der Waals surface area (Å²) in [6.45, 7) is 3.83. The molecule has 0 aliphatic rings. The van der Waals surface area contributed by atoms with Crippen molar-refractivity contribution >= 4 is 28.6 Å². The van der Waals surface area contributed by atoms with E-state index in [2.05, 4.69) is 22.6 Å². The van der Waals surface area contributed by atoms with Gasteiger partial charge in [-0.05, 0) is 54.6 Å². The zero-order chi connectivity index (χ0) is 11.3. The summed E-state index contributed by atoms with van der Waals surface area (Å²) < 4.78 is 11.3. The highest BCUT2D eigenvalue weighted by molar-refractivity contribution is 14.1. The van der Waals surface area contributed by atoms with Gasteiger partial charge in [-0.25, -0.2) is 4.79 Å². The number of esters is 1. The summed E-state index contributed by atoms with van der Waals surface area (Å²) in [5, 5.41) is 0. The van der Waals surface area contributed by atoms with E-state index in [1.165, 1.54) is 0 Å². The minimum atomic E-state index is -0.567. The minimum absolute atomic E-state index is 0.337. The lowest BCUT2D eigenvalue weighted by Crippen LogP contribution is -2.26. The molecule has 1 rings (SSSR count). The smallest absolute Gasteiger partial charge is 0.347 e. The molecule has 0 N–H and O–H groups in total. The molecule has 15 heavy (non-hydrogen) atoms. The summed E-state index contributed by atoms with van der Waals surface area (Å²) in [5.41, 5.74) is 0. The number of hydrogen-bond donors (Lipinski definition) is 0. The van der Waals surface area contributed by atoms with E-state index in [0.29, 0.717) is 12.4 Å². The van der Waals surface area contributed by atoms with Crippen LogP contribution in [0.2, 0.25) is 0 Å². The van der Waals surface area contributed by atoms with E-state index >= 15 is 0 Å². The number of rotatable bonds is 4. The SMILES string of the molecule is CCOC(=O)C(C)Oc1cccc(I)c1. The van der Waals surface area contributed by atoms with Gasteiger partial charge in [-0.1, -0.05) is 6.07 Å². The van der Waals surface area contributed by atoms with Crippen molar-refractivity contribution in [2.75, 3.05) is 6.61 Å². The van der Waals surface area contributed by atoms with Gasteiger partial charge in [-0.2, -0.15) is 0 Å². The van der Waals surface area contributed by atoms with Crippen LogP contribution in [-0.4, -0.2) is 18.7 Å². The maximum Gasteiger partial charge on any atom is 0.347 e. The molecule has 0 amide bonds. The fraction of sp³-hybridized carbons (Fsp3) is 0.364. The van der Waals surface area contributed by atoms with Crippen LogP contribution in [0.15, 0.2) is 24.3 Å². The number of carbonyl (C=O) groups is 1. The van der Waals surface area contributed by atoms with E-state index < -0.39 is 6.10 Å². The predicted molar refractivity (Wildman–Crippen MR) is 65.9 cm³/mol. The molecule has 0 aliphatic carbocycles. The normalized spacial score (nSPS) is 11.9. The van der Waals surface area contributed by atoms with Gasteiger partial charge in [0.2, 0.25) is 0 Å². The van der Waals surface area contributed by atoms with Crippen molar-refractivity contribution < 1.29 is 14.3 Å². The summed E-state index contributed by atoms with van der Waals surface area (Å²) >= 11 is 2.19. The molecule has 0 fully saturated rings. The maximum atomic E-state index is 11.3. The molecule has 0 bridgehead atoms. The number of benzene rings is 1. The Kier molecular flexibility index (Phi) is 4.87. The molecule has 3 nitrogen and oxygen atoms in total. The number of ether oxygens (including phenoxy) is 2. The van der Waals surface area contributed by atoms with Crippen LogP contribution in [0.3, 0.4) is 0 Å². The van der Waals surface area contributed by atoms with E-state index in [4.69, 9.17) is 9.47 Å². The highest BCUT2D eigenvalue weighted by Gasteiger charge is 2.15. The monoisotopic (exact) mass is 320 g/mol. The topological polar surface area (TPSA) is 35.5 Å². The Morgan fingerprint density at radius 1 is 1.53 bits per heavy atom. The number of hydrogen-bond acceptors (Lipinski definition) is 3. The van der Waals surface area contributed by atoms with Gasteiger partial charge >= 0.3 is 5.97 Å². The molecule has 0 saturated carbocycles. The van der Waals surface area contributed by atoms with Gasteiger partial charge in [0, 0.05) is 3.57 Å². The van der Waals surface area contributed by atoms with Gasteiger partial charge in [0.25, 0.3) is 0 Å². The van der Waals surface area contributed by atoms with Crippen molar-refractivity contribution in [3.05, 3.63) is 27.8 Å². The highest BCUT2D eigenvalue weighted by atomic mass is 127. The fourth-order valence-electron chi connectivity index (χ4n) is 1.05. The summed E-state index contributed by atoms with van der Waals surface area (Å²) in [6.07, 6.45) is -0.567. The lowest BCUT2D eigenvalue weighted by molar-refractivity contribution is -0.150. The molecule has 0 saturated heterocycles. The maximum absolute atomic E-state index is 11.3. The molecule has 0 aromatic heterocycles. The second-order valence-corrected chi connectivity index (χ2v) is 4.22. The summed E-state index contributed by atoms with van der Waals surface area (Å²) in [4.78, 5) is 11.3. The lowest BCUT2D eigenvalue weighted by Gasteiger charge is -2.13. The first-order valence-electron chi connectivity index (χ1n) is 4.72. The predicted octanol–water partition coefficient (Wildman–Crippen LogP) is 2.62. The zero-order valence-corrected chi connectivity index (χ0v) is 10.9. The highest BCUT2D eigenvalue weighted by Crippen LogP contribution is 2.16. The van der Waals surface area contributed by atoms with E-state index in [1.807, 2.05) is 24.3 Å². The van der Waals surface area contributed by atoms with Crippen molar-refractivity contribution in [1.82, 2.24) is 0 Å². The van der Waals surface area contributed by atoms with Crippen molar-refractivity contribution in [3.63, 3.8) is 0 Å². The molecule has 0 aliphatic heterocycles. The van der Waals surface area contributed by atoms with E-state index in [0.717, 1.165) is 3.57 Å². The molecule has 4 heteroatoms. The number of halogens is 1. The Balaban J connectivity index is 2.58. The van der Waals surface area contributed by atoms with Gasteiger partial charge in [0.1, 0.15) is 5.75 Å². The van der Waals surface area contributed by atoms with Crippen molar-refractivity contribution in [2.24, 2.45) is 0 Å². The van der Waals surface area contributed by atoms with Gasteiger partial charge < -0.3 is 9.47 Å². The van der Waals surface area contributed by atoms with Crippen LogP contribution in [0, 0.1) is 3.57 Å². The summed E-state index contributed by atoms with van der Waals surface area (Å²) in [6, 6.07) is 7.53. The standard InChI is InChI=1S/C11H13IO3/c1-3-14-11(13)8(2)15-10-6-4-5-9(12)7-10/h4-8H,3H2,1-2H3. The Labute approximate surface area is 103 Å². The third-order valence-corrected chi connectivity index (χ3v) is 2.40. The van der Waals surface area contributed by atoms with Crippen molar-refractivity contribution in [2.45, 2.75) is 20.0 Å². The van der Waals surface area contributed by atoms with Crippen molar-refractivity contribution in [1.29, 1.82) is 0 Å². The first-order chi connectivity index (χ1) is 7.13. The van der Waals surface area contributed by atoms with Crippen LogP contribution in [-0.2, 0) is 9.53 Å². The lowest BCUT2D eigenvalue weighted by atomic mass is 10.3. The molecular weight excluding hydrogens is 307 g/mol. The third kappa shape index (κ3) is 4.07. The zero-order valence-electron chi connectivity index (χ0n) is 8.70. The molecule has 1 unspecified atom stereocenters. The molecule has 1 aromatic carbocycles. The molecule has 1 atom stereocenters. The van der Waals surface area contributed by atoms with Crippen LogP contribution in [0.1, 0.15) is 13.8 Å². The molecule has 1 aromatic rings. The Hall–Kier alpha value is -0.780. The van der Waals surface area contributed by atoms with Crippen LogP contribution >= 0.6 is 22.6 Å². The van der Waals surface area contributed by atoms with Gasteiger partial charge in [-0.15, -0.1) is 0 Å². The van der Waals surface area contributed by atoms with Gasteiger partial charge in [0.05, 0.1) is 6.61 Å². The van der Waals surface area contributed by atoms with Gasteiger partial charge in [-0.3, -0.25) is 0 Å². The first kappa shape index (κ1) is 12.3. The molecular formula is C11H13IO3. The van der Waals surface area contributed by atoms with E-state index in [9.17, 15) is 4.79 Å². The van der Waals surface area contributed by atoms with Gasteiger partial charge in [0.15, 0.2) is 6.10 Å². The first-order valence-corrected chi connectivity index (χ1v) is 5.80. The van der Waals surface area contributed by atoms with Crippen LogP contribution in [0.5, 0.6) is 5.75 Å². The largest absolute Gasteiger partial charge is 0.479 e. The summed E-state index contributed by atoms with van der Waals surface area (Å²) in [5.74, 6) is 0.346. The third-order valence-electron chi connectivity index (χ3n) is 1.73. The van der Waals surface area contributed by atoms with E-state index in [-0.39, 0.29) is 5.97 Å². The van der Waals surface area contributed by atoms with Crippen LogP contribution < -0.4 is 4.74 Å². The van der Waals surface area contributed by atoms with Crippen molar-refractivity contribution in [3.8, 4) is 5.75 Å². The Morgan fingerprint density at radius 2 is 2.27 bits per heavy atom. The number of carbonyl (C=O) groups excluding carboxylic acids is 1. The fourth-order valence-corrected chi connectivity index (χ4v) is 1.57. The Bertz CT molecular complexity index is 338. The average Bonchev–Trinajstić information content (AvgIpc) is 2.18. The second-order valence-electron chi connectivity index (χ2n) is 2.97. The van der Waals surface area contributed by atoms with E-state index in [1.54, 1.807) is 13.8 Å². The molecule has 82 valence electrons. The minimum Gasteiger partial charge on any atom is -0.479 e. The van der Waals surface area contributed by atoms with Crippen LogP contribution in [0.4, 0.5) is 0 Å². The molecule has 0 spiro atoms. The van der Waals surface area contributed by atoms with Crippen LogP contribution in [0.25, 0.3) is 0 Å². The molecule has 0 heterocycles. The summed E-state index contributed by atoms with van der Waals surface area (Å²) in [7, 11) is 0. The quantitative estimate of drug-likeness (QED) is 0.632. The Morgan fingerprint density at radius 3 is 2.87 bits per heavy atom. The second kappa shape index (κ2) is 5.95.